The molecule has 6 rings (SSSR count). The van der Waals surface area contributed by atoms with Crippen LogP contribution < -0.4 is 10.2 Å². The standard InChI is InChI=1S/C41H49BrN4O6Si/c1-25-22-46(23-30-36(25)52-53(8,41(5,6)7)37(30)38(48)51-40(2,3)4)33-16-17-43-21-28(33)19-34(47)35-32(18-27-14-15-29(42)20-31(27)44-35)45-39(49)50-24-26-12-10-9-11-13-26/h9-18,20-21,25,30,36-37H,19,22-24H2,1-8H3,(H,45,49)/t25-,30+,36+,37?,53?/m0/s1. The van der Waals surface area contributed by atoms with Gasteiger partial charge in [-0.3, -0.25) is 19.9 Å². The van der Waals surface area contributed by atoms with E-state index < -0.39 is 20.0 Å². The summed E-state index contributed by atoms with van der Waals surface area (Å²) in [4.78, 5) is 52.8. The number of piperidine rings is 1. The molecular formula is C41H49BrN4O6Si. The highest BCUT2D eigenvalue weighted by Crippen LogP contribution is 2.57. The van der Waals surface area contributed by atoms with E-state index in [1.165, 1.54) is 0 Å². The molecule has 1 amide bonds. The number of carbonyl (C=O) groups is 3. The van der Waals surface area contributed by atoms with Crippen molar-refractivity contribution in [3.63, 3.8) is 0 Å². The van der Waals surface area contributed by atoms with E-state index in [1.807, 2.05) is 75.4 Å². The Hall–Kier alpha value is -4.13. The molecular weight excluding hydrogens is 752 g/mol. The van der Waals surface area contributed by atoms with Crippen LogP contribution in [0.5, 0.6) is 0 Å². The molecule has 2 aromatic heterocycles. The first-order chi connectivity index (χ1) is 24.9. The number of anilines is 2. The van der Waals surface area contributed by atoms with Gasteiger partial charge in [-0.2, -0.15) is 0 Å². The molecule has 5 atom stereocenters. The van der Waals surface area contributed by atoms with E-state index in [2.05, 4.69) is 65.4 Å². The quantitative estimate of drug-likeness (QED) is 0.106. The lowest BCUT2D eigenvalue weighted by atomic mass is 9.84. The number of hydrogen-bond donors (Lipinski definition) is 1. The molecule has 2 fully saturated rings. The van der Waals surface area contributed by atoms with Crippen LogP contribution in [0.1, 0.15) is 70.1 Å². The Bertz CT molecular complexity index is 2020. The van der Waals surface area contributed by atoms with Crippen LogP contribution in [0.2, 0.25) is 17.1 Å². The van der Waals surface area contributed by atoms with Gasteiger partial charge in [-0.1, -0.05) is 80.0 Å². The molecule has 2 unspecified atom stereocenters. The zero-order chi connectivity index (χ0) is 38.3. The third-order valence-corrected chi connectivity index (χ3v) is 16.6. The number of nitrogens with zero attached hydrogens (tertiary/aromatic N) is 3. The van der Waals surface area contributed by atoms with Gasteiger partial charge in [0, 0.05) is 58.9 Å². The van der Waals surface area contributed by atoms with Crippen molar-refractivity contribution >= 4 is 64.4 Å². The van der Waals surface area contributed by atoms with Crippen molar-refractivity contribution < 1.29 is 28.3 Å². The number of amides is 1. The third-order valence-electron chi connectivity index (χ3n) is 10.5. The van der Waals surface area contributed by atoms with E-state index in [-0.39, 0.29) is 64.7 Å². The Morgan fingerprint density at radius 3 is 2.45 bits per heavy atom. The van der Waals surface area contributed by atoms with Crippen LogP contribution in [0.15, 0.2) is 77.5 Å². The molecule has 2 aliphatic rings. The number of pyridine rings is 2. The maximum Gasteiger partial charge on any atom is 0.412 e. The normalized spacial score (nSPS) is 23.0. The molecule has 0 spiro atoms. The van der Waals surface area contributed by atoms with Crippen molar-refractivity contribution in [2.24, 2.45) is 11.8 Å². The minimum atomic E-state index is -2.66. The van der Waals surface area contributed by atoms with E-state index in [9.17, 15) is 14.4 Å². The number of esters is 1. The summed E-state index contributed by atoms with van der Waals surface area (Å²) in [5.74, 6) is -0.444. The Morgan fingerprint density at radius 2 is 1.75 bits per heavy atom. The van der Waals surface area contributed by atoms with Gasteiger partial charge in [0.05, 0.1) is 22.8 Å². The molecule has 1 N–H and O–H groups in total. The monoisotopic (exact) mass is 800 g/mol. The zero-order valence-electron chi connectivity index (χ0n) is 31.7. The van der Waals surface area contributed by atoms with Gasteiger partial charge in [0.1, 0.15) is 17.9 Å². The fourth-order valence-electron chi connectivity index (χ4n) is 7.61. The summed E-state index contributed by atoms with van der Waals surface area (Å²) in [6.45, 7) is 17.9. The second-order valence-corrected chi connectivity index (χ2v) is 22.0. The molecule has 2 aliphatic heterocycles. The molecule has 0 aliphatic carbocycles. The average Bonchev–Trinajstić information content (AvgIpc) is 3.41. The number of ether oxygens (including phenoxy) is 2. The second-order valence-electron chi connectivity index (χ2n) is 16.5. The Labute approximate surface area is 321 Å². The van der Waals surface area contributed by atoms with Crippen molar-refractivity contribution in [3.8, 4) is 0 Å². The van der Waals surface area contributed by atoms with E-state index in [4.69, 9.17) is 18.9 Å². The fourth-order valence-corrected chi connectivity index (χ4v) is 12.0. The molecule has 10 nitrogen and oxygen atoms in total. The highest BCUT2D eigenvalue weighted by Gasteiger charge is 2.65. The topological polar surface area (TPSA) is 120 Å². The molecule has 280 valence electrons. The van der Waals surface area contributed by atoms with Crippen LogP contribution in [0, 0.1) is 11.8 Å². The predicted molar refractivity (Wildman–Crippen MR) is 213 cm³/mol. The van der Waals surface area contributed by atoms with Crippen LogP contribution >= 0.6 is 15.9 Å². The minimum absolute atomic E-state index is 0.0111. The fraction of sp³-hybridized carbons (Fsp3) is 0.439. The molecule has 0 saturated carbocycles. The van der Waals surface area contributed by atoms with Crippen molar-refractivity contribution in [1.82, 2.24) is 9.97 Å². The van der Waals surface area contributed by atoms with E-state index in [0.29, 0.717) is 18.6 Å². The number of ketones is 1. The molecule has 2 aromatic carbocycles. The maximum atomic E-state index is 14.3. The van der Waals surface area contributed by atoms with Crippen LogP contribution in [0.4, 0.5) is 16.2 Å². The Kier molecular flexibility index (Phi) is 10.9. The number of nitrogens with one attached hydrogen (secondary N) is 1. The largest absolute Gasteiger partial charge is 0.460 e. The van der Waals surface area contributed by atoms with Gasteiger partial charge < -0.3 is 18.8 Å². The molecule has 4 heterocycles. The average molecular weight is 802 g/mol. The maximum absolute atomic E-state index is 14.3. The molecule has 12 heteroatoms. The Balaban J connectivity index is 1.29. The number of aromatic nitrogens is 2. The summed E-state index contributed by atoms with van der Waals surface area (Å²) in [6, 6.07) is 18.6. The molecule has 0 bridgehead atoms. The molecule has 0 radical (unpaired) electrons. The summed E-state index contributed by atoms with van der Waals surface area (Å²) < 4.78 is 19.4. The van der Waals surface area contributed by atoms with E-state index in [0.717, 1.165) is 26.7 Å². The number of hydrogen-bond acceptors (Lipinski definition) is 9. The van der Waals surface area contributed by atoms with Gasteiger partial charge in [-0.05, 0) is 68.1 Å². The van der Waals surface area contributed by atoms with Crippen LogP contribution in [0.3, 0.4) is 0 Å². The van der Waals surface area contributed by atoms with E-state index >= 15 is 0 Å². The number of fused-ring (bicyclic) bond motifs is 2. The number of rotatable bonds is 8. The number of carbonyl (C=O) groups excluding carboxylic acids is 3. The number of benzene rings is 2. The Morgan fingerprint density at radius 1 is 1.02 bits per heavy atom. The van der Waals surface area contributed by atoms with Crippen molar-refractivity contribution in [2.45, 2.75) is 90.3 Å². The zero-order valence-corrected chi connectivity index (χ0v) is 34.3. The van der Waals surface area contributed by atoms with Gasteiger partial charge in [-0.15, -0.1) is 0 Å². The van der Waals surface area contributed by atoms with Crippen molar-refractivity contribution in [2.75, 3.05) is 23.3 Å². The first-order valence-electron chi connectivity index (χ1n) is 18.1. The van der Waals surface area contributed by atoms with Gasteiger partial charge in [0.15, 0.2) is 5.78 Å². The van der Waals surface area contributed by atoms with Gasteiger partial charge in [0.2, 0.25) is 8.32 Å². The third kappa shape index (κ3) is 8.34. The summed E-state index contributed by atoms with van der Waals surface area (Å²) in [5, 5.41) is 3.33. The lowest BCUT2D eigenvalue weighted by molar-refractivity contribution is -0.156. The van der Waals surface area contributed by atoms with Crippen LogP contribution in [0.25, 0.3) is 10.9 Å². The summed E-state index contributed by atoms with van der Waals surface area (Å²) in [7, 11) is -2.66. The highest BCUT2D eigenvalue weighted by molar-refractivity contribution is 9.10. The van der Waals surface area contributed by atoms with Crippen molar-refractivity contribution in [1.29, 1.82) is 0 Å². The van der Waals surface area contributed by atoms with E-state index in [1.54, 1.807) is 18.5 Å². The lowest BCUT2D eigenvalue weighted by Crippen LogP contribution is -2.50. The number of halogens is 1. The summed E-state index contributed by atoms with van der Waals surface area (Å²) in [5.41, 5.74) is 2.44. The number of Topliss-reactive ketones (excluding diaryl/α,β-unsaturated/α-hetero) is 1. The lowest BCUT2D eigenvalue weighted by Gasteiger charge is -2.42. The van der Waals surface area contributed by atoms with Gasteiger partial charge in [0.25, 0.3) is 0 Å². The van der Waals surface area contributed by atoms with Crippen LogP contribution in [-0.4, -0.2) is 60.9 Å². The molecule has 4 aromatic rings. The first-order valence-corrected chi connectivity index (χ1v) is 21.4. The minimum Gasteiger partial charge on any atom is -0.460 e. The first kappa shape index (κ1) is 38.6. The molecule has 53 heavy (non-hydrogen) atoms. The summed E-state index contributed by atoms with van der Waals surface area (Å²) in [6.07, 6.45) is 2.66. The van der Waals surface area contributed by atoms with Crippen molar-refractivity contribution in [3.05, 3.63) is 94.4 Å². The predicted octanol–water partition coefficient (Wildman–Crippen LogP) is 9.12. The smallest absolute Gasteiger partial charge is 0.412 e. The van der Waals surface area contributed by atoms with Gasteiger partial charge in [-0.25, -0.2) is 9.78 Å². The second kappa shape index (κ2) is 14.9. The summed E-state index contributed by atoms with van der Waals surface area (Å²) >= 11 is 3.51. The SMILES string of the molecule is C[C@H]1CN(c2ccncc2CC(=O)c2nc3cc(Br)ccc3cc2NC(=O)OCc2ccccc2)C[C@H]2C(C(=O)OC(C)(C)C)[Si](C)(C(C)(C)C)O[C@H]12. The van der Waals surface area contributed by atoms with Crippen LogP contribution in [-0.2, 0) is 31.7 Å². The molecule has 2 saturated heterocycles. The highest BCUT2D eigenvalue weighted by atomic mass is 79.9. The van der Waals surface area contributed by atoms with Gasteiger partial charge >= 0.3 is 12.1 Å².